The number of carbonyl (C=O) groups is 3. The van der Waals surface area contributed by atoms with Gasteiger partial charge >= 0.3 is 0 Å². The van der Waals surface area contributed by atoms with E-state index < -0.39 is 22.0 Å². The van der Waals surface area contributed by atoms with Gasteiger partial charge in [-0.25, -0.2) is 12.7 Å². The van der Waals surface area contributed by atoms with Crippen LogP contribution >= 0.6 is 15.9 Å². The molecule has 2 aromatic carbocycles. The Balaban J connectivity index is 1.69. The van der Waals surface area contributed by atoms with Gasteiger partial charge in [0.05, 0.1) is 5.56 Å². The zero-order chi connectivity index (χ0) is 25.8. The maximum atomic E-state index is 13.2. The van der Waals surface area contributed by atoms with Crippen LogP contribution in [0.5, 0.6) is 0 Å². The molecule has 3 rings (SSSR count). The van der Waals surface area contributed by atoms with Crippen molar-refractivity contribution in [2.75, 3.05) is 13.1 Å². The molecule has 0 saturated heterocycles. The molecule has 10 heteroatoms. The number of carbonyl (C=O) groups excluding carboxylic acids is 3. The Kier molecular flexibility index (Phi) is 8.71. The Hall–Kier alpha value is -2.72. The topological polar surface area (TPSA) is 104 Å². The van der Waals surface area contributed by atoms with Gasteiger partial charge in [0.15, 0.2) is 0 Å². The van der Waals surface area contributed by atoms with Crippen molar-refractivity contribution in [1.82, 2.24) is 14.5 Å². The minimum Gasteiger partial charge on any atom is -0.354 e. The number of fused-ring (bicyclic) bond motifs is 1. The van der Waals surface area contributed by atoms with Gasteiger partial charge in [-0.1, -0.05) is 54.0 Å². The lowest BCUT2D eigenvalue weighted by Gasteiger charge is -2.29. The summed E-state index contributed by atoms with van der Waals surface area (Å²) in [6.07, 6.45) is 0.142. The summed E-state index contributed by atoms with van der Waals surface area (Å²) in [4.78, 5) is 40.0. The molecule has 0 spiro atoms. The Labute approximate surface area is 214 Å². The van der Waals surface area contributed by atoms with E-state index in [0.717, 1.165) is 14.3 Å². The Morgan fingerprint density at radius 2 is 1.71 bits per heavy atom. The van der Waals surface area contributed by atoms with E-state index in [9.17, 15) is 22.8 Å². The summed E-state index contributed by atoms with van der Waals surface area (Å²) in [5.41, 5.74) is 1.00. The van der Waals surface area contributed by atoms with Gasteiger partial charge < -0.3 is 10.2 Å². The van der Waals surface area contributed by atoms with E-state index >= 15 is 0 Å². The summed E-state index contributed by atoms with van der Waals surface area (Å²) >= 11 is 3.39. The summed E-state index contributed by atoms with van der Waals surface area (Å²) in [6, 6.07) is 12.8. The van der Waals surface area contributed by atoms with Gasteiger partial charge in [0.25, 0.3) is 15.9 Å². The van der Waals surface area contributed by atoms with Crippen LogP contribution in [-0.2, 0) is 26.2 Å². The van der Waals surface area contributed by atoms with Gasteiger partial charge in [0.2, 0.25) is 11.8 Å². The minimum absolute atomic E-state index is 0.00598. The van der Waals surface area contributed by atoms with Crippen molar-refractivity contribution in [3.05, 3.63) is 64.1 Å². The number of hydrogen-bond acceptors (Lipinski definition) is 5. The quantitative estimate of drug-likeness (QED) is 0.476. The fourth-order valence-electron chi connectivity index (χ4n) is 3.79. The van der Waals surface area contributed by atoms with Gasteiger partial charge in [0.1, 0.15) is 10.9 Å². The van der Waals surface area contributed by atoms with Crippen molar-refractivity contribution in [1.29, 1.82) is 0 Å². The van der Waals surface area contributed by atoms with Gasteiger partial charge in [-0.15, -0.1) is 0 Å². The van der Waals surface area contributed by atoms with Crippen LogP contribution in [0.15, 0.2) is 57.9 Å². The lowest BCUT2D eigenvalue weighted by Crippen LogP contribution is -2.48. The highest BCUT2D eigenvalue weighted by Gasteiger charge is 2.40. The molecule has 0 unspecified atom stereocenters. The summed E-state index contributed by atoms with van der Waals surface area (Å²) in [5.74, 6) is -0.856. The highest BCUT2D eigenvalue weighted by atomic mass is 79.9. The molecule has 0 aliphatic carbocycles. The molecule has 3 amide bonds. The SMILES string of the molecule is CC(C)CNC(=O)[C@H](C)N(Cc1ccc(Br)cc1)C(=O)CCCN1C(=O)c2ccccc2S1(=O)=O. The van der Waals surface area contributed by atoms with E-state index in [4.69, 9.17) is 0 Å². The summed E-state index contributed by atoms with van der Waals surface area (Å²) in [6.45, 7) is 6.27. The maximum absolute atomic E-state index is 13.2. The van der Waals surface area contributed by atoms with Crippen LogP contribution in [0.25, 0.3) is 0 Å². The first-order chi connectivity index (χ1) is 16.5. The number of nitrogens with zero attached hydrogens (tertiary/aromatic N) is 2. The average molecular weight is 565 g/mol. The lowest BCUT2D eigenvalue weighted by atomic mass is 10.1. The van der Waals surface area contributed by atoms with Gasteiger partial charge in [-0.3, -0.25) is 14.4 Å². The highest BCUT2D eigenvalue weighted by molar-refractivity contribution is 9.10. The molecule has 0 bridgehead atoms. The Morgan fingerprint density at radius 3 is 2.34 bits per heavy atom. The van der Waals surface area contributed by atoms with Crippen molar-refractivity contribution in [3.63, 3.8) is 0 Å². The molecule has 2 aromatic rings. The molecule has 1 heterocycles. The van der Waals surface area contributed by atoms with Gasteiger partial charge in [-0.05, 0) is 49.1 Å². The number of benzene rings is 2. The molecule has 1 aliphatic rings. The summed E-state index contributed by atoms with van der Waals surface area (Å²) < 4.78 is 27.2. The number of rotatable bonds is 10. The first kappa shape index (κ1) is 26.9. The van der Waals surface area contributed by atoms with Crippen molar-refractivity contribution in [3.8, 4) is 0 Å². The van der Waals surface area contributed by atoms with Crippen LogP contribution in [0.4, 0.5) is 0 Å². The van der Waals surface area contributed by atoms with Crippen LogP contribution in [0.2, 0.25) is 0 Å². The number of hydrogen-bond donors (Lipinski definition) is 1. The van der Waals surface area contributed by atoms with Crippen molar-refractivity contribution < 1.29 is 22.8 Å². The van der Waals surface area contributed by atoms with Crippen LogP contribution < -0.4 is 5.32 Å². The standard InChI is InChI=1S/C25H30BrN3O5S/c1-17(2)15-27-24(31)18(3)28(16-19-10-12-20(26)13-11-19)23(30)9-6-14-29-25(32)21-7-4-5-8-22(21)35(29,33)34/h4-5,7-8,10-13,17-18H,6,9,14-16H2,1-3H3,(H,27,31)/t18-/m0/s1. The third-order valence-electron chi connectivity index (χ3n) is 5.78. The second-order valence-corrected chi connectivity index (χ2v) is 11.7. The van der Waals surface area contributed by atoms with Crippen molar-refractivity contribution >= 4 is 43.7 Å². The second kappa shape index (κ2) is 11.3. The smallest absolute Gasteiger partial charge is 0.269 e. The first-order valence-electron chi connectivity index (χ1n) is 11.5. The zero-order valence-corrected chi connectivity index (χ0v) is 22.4. The molecule has 1 aliphatic heterocycles. The Bertz CT molecular complexity index is 1200. The summed E-state index contributed by atoms with van der Waals surface area (Å²) in [5, 5.41) is 2.87. The minimum atomic E-state index is -3.92. The van der Waals surface area contributed by atoms with Crippen molar-refractivity contribution in [2.45, 2.75) is 51.1 Å². The molecule has 1 N–H and O–H groups in total. The van der Waals surface area contributed by atoms with E-state index in [0.29, 0.717) is 6.54 Å². The average Bonchev–Trinajstić information content (AvgIpc) is 3.02. The van der Waals surface area contributed by atoms with Crippen molar-refractivity contribution in [2.24, 2.45) is 5.92 Å². The number of sulfonamides is 1. The zero-order valence-electron chi connectivity index (χ0n) is 20.0. The molecule has 35 heavy (non-hydrogen) atoms. The largest absolute Gasteiger partial charge is 0.354 e. The maximum Gasteiger partial charge on any atom is 0.269 e. The van der Waals surface area contributed by atoms with Crippen LogP contribution in [0.1, 0.15) is 49.5 Å². The van der Waals surface area contributed by atoms with Gasteiger partial charge in [0, 0.05) is 30.5 Å². The van der Waals surface area contributed by atoms with Crippen LogP contribution in [0, 0.1) is 5.92 Å². The predicted octanol–water partition coefficient (Wildman–Crippen LogP) is 3.56. The van der Waals surface area contributed by atoms with E-state index in [1.165, 1.54) is 17.0 Å². The number of halogens is 1. The number of amides is 3. The predicted molar refractivity (Wildman–Crippen MR) is 136 cm³/mol. The van der Waals surface area contributed by atoms with E-state index in [2.05, 4.69) is 21.2 Å². The molecule has 1 atom stereocenters. The van der Waals surface area contributed by atoms with Crippen LogP contribution in [-0.4, -0.2) is 54.5 Å². The molecule has 188 valence electrons. The monoisotopic (exact) mass is 563 g/mol. The highest BCUT2D eigenvalue weighted by Crippen LogP contribution is 2.30. The molecule has 0 fully saturated rings. The van der Waals surface area contributed by atoms with Crippen LogP contribution in [0.3, 0.4) is 0 Å². The lowest BCUT2D eigenvalue weighted by molar-refractivity contribution is -0.140. The fraction of sp³-hybridized carbons (Fsp3) is 0.400. The van der Waals surface area contributed by atoms with E-state index in [1.807, 2.05) is 38.1 Å². The van der Waals surface area contributed by atoms with E-state index in [-0.39, 0.29) is 54.1 Å². The molecule has 0 aromatic heterocycles. The molecule has 8 nitrogen and oxygen atoms in total. The third-order valence-corrected chi connectivity index (χ3v) is 8.15. The number of nitrogens with one attached hydrogen (secondary N) is 1. The summed E-state index contributed by atoms with van der Waals surface area (Å²) in [7, 11) is -3.92. The molecular weight excluding hydrogens is 534 g/mol. The molecular formula is C25H30BrN3O5S. The third kappa shape index (κ3) is 6.29. The molecule has 0 radical (unpaired) electrons. The molecule has 0 saturated carbocycles. The van der Waals surface area contributed by atoms with E-state index in [1.54, 1.807) is 19.1 Å². The first-order valence-corrected chi connectivity index (χ1v) is 13.7. The normalized spacial score (nSPS) is 15.1. The van der Waals surface area contributed by atoms with Gasteiger partial charge in [-0.2, -0.15) is 0 Å². The second-order valence-electron chi connectivity index (χ2n) is 8.95. The Morgan fingerprint density at radius 1 is 1.06 bits per heavy atom. The fourth-order valence-corrected chi connectivity index (χ4v) is 5.66.